The Bertz CT molecular complexity index is 781. The van der Waals surface area contributed by atoms with E-state index < -0.39 is 0 Å². The van der Waals surface area contributed by atoms with Gasteiger partial charge in [-0.3, -0.25) is 4.79 Å². The van der Waals surface area contributed by atoms with E-state index in [0.717, 1.165) is 41.1 Å². The number of hydrogen-bond donors (Lipinski definition) is 3. The van der Waals surface area contributed by atoms with Gasteiger partial charge in [0.1, 0.15) is 6.23 Å². The van der Waals surface area contributed by atoms with Gasteiger partial charge >= 0.3 is 0 Å². The fourth-order valence-corrected chi connectivity index (χ4v) is 3.20. The molecule has 120 valence electrons. The number of allylic oxidation sites excluding steroid dienone is 1. The van der Waals surface area contributed by atoms with Gasteiger partial charge in [-0.2, -0.15) is 5.10 Å². The molecule has 1 aromatic carbocycles. The van der Waals surface area contributed by atoms with E-state index in [0.29, 0.717) is 5.39 Å². The van der Waals surface area contributed by atoms with Gasteiger partial charge in [0.05, 0.1) is 11.6 Å². The summed E-state index contributed by atoms with van der Waals surface area (Å²) in [7, 11) is 0. The fourth-order valence-electron chi connectivity index (χ4n) is 2.42. The number of rotatable bonds is 5. The van der Waals surface area contributed by atoms with E-state index in [-0.39, 0.29) is 11.8 Å². The Morgan fingerprint density at radius 2 is 2.39 bits per heavy atom. The Morgan fingerprint density at radius 3 is 3.17 bits per heavy atom. The molecule has 0 aliphatic carbocycles. The largest absolute Gasteiger partial charge is 0.365 e. The number of H-pyrrole nitrogens is 1. The first-order chi connectivity index (χ1) is 11.3. The van der Waals surface area contributed by atoms with Crippen molar-refractivity contribution in [2.45, 2.75) is 30.4 Å². The zero-order chi connectivity index (χ0) is 16.1. The summed E-state index contributed by atoms with van der Waals surface area (Å²) in [6, 6.07) is 5.55. The van der Waals surface area contributed by atoms with Crippen molar-refractivity contribution in [3.8, 4) is 0 Å². The molecule has 23 heavy (non-hydrogen) atoms. The second-order valence-corrected chi connectivity index (χ2v) is 6.41. The van der Waals surface area contributed by atoms with Crippen molar-refractivity contribution in [2.24, 2.45) is 0 Å². The first-order valence-corrected chi connectivity index (χ1v) is 8.31. The number of benzene rings is 1. The van der Waals surface area contributed by atoms with Gasteiger partial charge in [-0.1, -0.05) is 11.8 Å². The minimum atomic E-state index is -0.196. The molecule has 1 unspecified atom stereocenters. The van der Waals surface area contributed by atoms with Crippen molar-refractivity contribution in [3.05, 3.63) is 45.9 Å². The molecule has 1 aromatic heterocycles. The lowest BCUT2D eigenvalue weighted by molar-refractivity contribution is 0.00336. The Kier molecular flexibility index (Phi) is 5.09. The maximum Gasteiger partial charge on any atom is 0.272 e. The molecule has 1 aliphatic heterocycles. The molecular formula is C16H18N4O2S. The van der Waals surface area contributed by atoms with E-state index >= 15 is 0 Å². The normalized spacial score (nSPS) is 18.8. The van der Waals surface area contributed by atoms with E-state index in [9.17, 15) is 4.79 Å². The molecule has 1 saturated heterocycles. The van der Waals surface area contributed by atoms with E-state index in [1.54, 1.807) is 12.3 Å². The van der Waals surface area contributed by atoms with E-state index in [2.05, 4.69) is 15.5 Å². The summed E-state index contributed by atoms with van der Waals surface area (Å²) in [6.07, 6.45) is 8.02. The van der Waals surface area contributed by atoms with Crippen molar-refractivity contribution in [1.82, 2.24) is 15.5 Å². The van der Waals surface area contributed by atoms with Crippen LogP contribution in [0.4, 0.5) is 0 Å². The zero-order valence-corrected chi connectivity index (χ0v) is 13.4. The molecule has 0 bridgehead atoms. The van der Waals surface area contributed by atoms with Gasteiger partial charge in [-0.15, -0.1) is 0 Å². The summed E-state index contributed by atoms with van der Waals surface area (Å²) >= 11 is 1.46. The minimum Gasteiger partial charge on any atom is -0.365 e. The van der Waals surface area contributed by atoms with Crippen LogP contribution in [-0.4, -0.2) is 29.2 Å². The average molecular weight is 330 g/mol. The maximum atomic E-state index is 11.6. The van der Waals surface area contributed by atoms with E-state index in [1.165, 1.54) is 18.0 Å². The van der Waals surface area contributed by atoms with Crippen molar-refractivity contribution in [2.75, 3.05) is 6.61 Å². The maximum absolute atomic E-state index is 11.6. The molecule has 1 aliphatic rings. The van der Waals surface area contributed by atoms with E-state index in [1.807, 2.05) is 18.3 Å². The number of nitrogens with one attached hydrogen (secondary N) is 3. The molecule has 3 rings (SSSR count). The number of thioether (sulfide) groups is 1. The van der Waals surface area contributed by atoms with Crippen LogP contribution >= 0.6 is 11.8 Å². The molecular weight excluding hydrogens is 312 g/mol. The standard InChI is InChI=1S/C16H18N4O2S/c17-8-13(10-18-15-3-1-2-6-22-15)23-12-4-5-14-11(7-12)9-19-20-16(14)21/h4-5,7-10,15,17-18H,1-3,6H2,(H,20,21)/b13-10+,17-8?. The molecule has 1 atom stereocenters. The van der Waals surface area contributed by atoms with Crippen LogP contribution in [0.25, 0.3) is 10.8 Å². The lowest BCUT2D eigenvalue weighted by atomic mass is 10.2. The summed E-state index contributed by atoms with van der Waals surface area (Å²) in [6.45, 7) is 0.783. The molecule has 2 aromatic rings. The summed E-state index contributed by atoms with van der Waals surface area (Å²) in [5.74, 6) is 0. The van der Waals surface area contributed by atoms with Crippen molar-refractivity contribution in [1.29, 1.82) is 5.41 Å². The number of nitrogens with zero attached hydrogens (tertiary/aromatic N) is 1. The van der Waals surface area contributed by atoms with Crippen LogP contribution in [0, 0.1) is 5.41 Å². The molecule has 1 fully saturated rings. The molecule has 0 saturated carbocycles. The fraction of sp³-hybridized carbons (Fsp3) is 0.312. The molecule has 7 heteroatoms. The number of aromatic amines is 1. The van der Waals surface area contributed by atoms with Crippen LogP contribution in [0.15, 0.2) is 45.2 Å². The monoisotopic (exact) mass is 330 g/mol. The SMILES string of the molecule is N=C/C(=C\NC1CCCCO1)Sc1ccc2c(=O)[nH]ncc2c1. The summed E-state index contributed by atoms with van der Waals surface area (Å²) in [5.41, 5.74) is -0.196. The van der Waals surface area contributed by atoms with Crippen LogP contribution in [0.2, 0.25) is 0 Å². The average Bonchev–Trinajstić information content (AvgIpc) is 2.59. The second kappa shape index (κ2) is 7.43. The third-order valence-electron chi connectivity index (χ3n) is 3.61. The van der Waals surface area contributed by atoms with Crippen molar-refractivity contribution >= 4 is 28.7 Å². The molecule has 0 amide bonds. The third kappa shape index (κ3) is 4.00. The van der Waals surface area contributed by atoms with Gasteiger partial charge in [-0.25, -0.2) is 5.10 Å². The highest BCUT2D eigenvalue weighted by Gasteiger charge is 2.11. The van der Waals surface area contributed by atoms with Crippen molar-refractivity contribution in [3.63, 3.8) is 0 Å². The van der Waals surface area contributed by atoms with Gasteiger partial charge in [-0.05, 0) is 37.5 Å². The Morgan fingerprint density at radius 1 is 1.48 bits per heavy atom. The lowest BCUT2D eigenvalue weighted by Gasteiger charge is -2.22. The summed E-state index contributed by atoms with van der Waals surface area (Å²) in [4.78, 5) is 13.4. The van der Waals surface area contributed by atoms with Crippen LogP contribution in [-0.2, 0) is 4.74 Å². The van der Waals surface area contributed by atoms with Gasteiger partial charge in [0.15, 0.2) is 0 Å². The first kappa shape index (κ1) is 15.8. The van der Waals surface area contributed by atoms with Gasteiger partial charge in [0.25, 0.3) is 5.56 Å². The second-order valence-electron chi connectivity index (χ2n) is 5.26. The minimum absolute atomic E-state index is 0.0265. The summed E-state index contributed by atoms with van der Waals surface area (Å²) in [5, 5.41) is 18.4. The Balaban J connectivity index is 1.73. The van der Waals surface area contributed by atoms with Crippen LogP contribution in [0.1, 0.15) is 19.3 Å². The first-order valence-electron chi connectivity index (χ1n) is 7.50. The number of fused-ring (bicyclic) bond motifs is 1. The quantitative estimate of drug-likeness (QED) is 0.579. The Labute approximate surface area is 137 Å². The smallest absolute Gasteiger partial charge is 0.272 e. The molecule has 0 spiro atoms. The highest BCUT2D eigenvalue weighted by Crippen LogP contribution is 2.27. The van der Waals surface area contributed by atoms with Gasteiger partial charge in [0, 0.05) is 34.2 Å². The Hall–Kier alpha value is -2.12. The third-order valence-corrected chi connectivity index (χ3v) is 4.57. The van der Waals surface area contributed by atoms with Crippen LogP contribution in [0.3, 0.4) is 0 Å². The molecule has 6 nitrogen and oxygen atoms in total. The zero-order valence-electron chi connectivity index (χ0n) is 12.5. The topological polar surface area (TPSA) is 90.9 Å². The van der Waals surface area contributed by atoms with Crippen LogP contribution < -0.4 is 10.9 Å². The molecule has 0 radical (unpaired) electrons. The predicted octanol–water partition coefficient (Wildman–Crippen LogP) is 2.62. The van der Waals surface area contributed by atoms with Gasteiger partial charge < -0.3 is 15.5 Å². The molecule has 3 N–H and O–H groups in total. The van der Waals surface area contributed by atoms with Gasteiger partial charge in [0.2, 0.25) is 0 Å². The number of aromatic nitrogens is 2. The van der Waals surface area contributed by atoms with Crippen LogP contribution in [0.5, 0.6) is 0 Å². The molecule has 2 heterocycles. The highest BCUT2D eigenvalue weighted by atomic mass is 32.2. The van der Waals surface area contributed by atoms with E-state index in [4.69, 9.17) is 10.1 Å². The highest BCUT2D eigenvalue weighted by molar-refractivity contribution is 8.03. The summed E-state index contributed by atoms with van der Waals surface area (Å²) < 4.78 is 5.61. The number of hydrogen-bond acceptors (Lipinski definition) is 6. The number of ether oxygens (including phenoxy) is 1. The predicted molar refractivity (Wildman–Crippen MR) is 91.8 cm³/mol. The lowest BCUT2D eigenvalue weighted by Crippen LogP contribution is -2.31. The van der Waals surface area contributed by atoms with Crippen molar-refractivity contribution < 1.29 is 4.74 Å².